The van der Waals surface area contributed by atoms with E-state index in [1.165, 1.54) is 11.8 Å². The van der Waals surface area contributed by atoms with Gasteiger partial charge < -0.3 is 10.3 Å². The number of aromatic amines is 1. The zero-order chi connectivity index (χ0) is 20.5. The number of aromatic nitrogens is 3. The Bertz CT molecular complexity index is 1210. The Kier molecular flexibility index (Phi) is 5.69. The summed E-state index contributed by atoms with van der Waals surface area (Å²) in [5.41, 5.74) is 2.22. The number of anilines is 1. The summed E-state index contributed by atoms with van der Waals surface area (Å²) in [6.45, 7) is 1.95. The highest BCUT2D eigenvalue weighted by atomic mass is 35.5. The summed E-state index contributed by atoms with van der Waals surface area (Å²) in [6, 6.07) is 8.34. The molecular weight excluding hydrogens is 451 g/mol. The average molecular weight is 464 g/mol. The molecule has 29 heavy (non-hydrogen) atoms. The third-order valence-corrected chi connectivity index (χ3v) is 6.30. The number of halogens is 3. The number of hydrogen-bond acceptors (Lipinski definition) is 4. The molecule has 146 valence electrons. The predicted molar refractivity (Wildman–Crippen MR) is 119 cm³/mol. The lowest BCUT2D eigenvalue weighted by atomic mass is 10.1. The van der Waals surface area contributed by atoms with E-state index < -0.39 is 5.91 Å². The van der Waals surface area contributed by atoms with Gasteiger partial charge in [0, 0.05) is 28.9 Å². The Hall–Kier alpha value is -2.25. The Morgan fingerprint density at radius 3 is 2.52 bits per heavy atom. The molecule has 0 aliphatic carbocycles. The van der Waals surface area contributed by atoms with Crippen molar-refractivity contribution in [3.63, 3.8) is 0 Å². The third kappa shape index (κ3) is 3.94. The first-order valence-electron chi connectivity index (χ1n) is 8.46. The molecule has 4 aromatic rings. The molecule has 0 atom stereocenters. The summed E-state index contributed by atoms with van der Waals surface area (Å²) in [7, 11) is 0. The second kappa shape index (κ2) is 8.24. The van der Waals surface area contributed by atoms with Crippen LogP contribution in [0.1, 0.15) is 15.9 Å². The molecule has 0 aliphatic heterocycles. The Labute approximate surface area is 185 Å². The van der Waals surface area contributed by atoms with E-state index in [2.05, 4.69) is 20.3 Å². The van der Waals surface area contributed by atoms with Gasteiger partial charge in [-0.1, -0.05) is 52.6 Å². The van der Waals surface area contributed by atoms with Crippen LogP contribution in [0.5, 0.6) is 0 Å². The number of nitrogens with zero attached hydrogens (tertiary/aromatic N) is 2. The summed E-state index contributed by atoms with van der Waals surface area (Å²) >= 11 is 20.3. The minimum Gasteiger partial charge on any atom is -0.339 e. The van der Waals surface area contributed by atoms with Crippen LogP contribution in [-0.4, -0.2) is 20.9 Å². The second-order valence-electron chi connectivity index (χ2n) is 6.14. The summed E-state index contributed by atoms with van der Waals surface area (Å²) in [5.74, 6) is -0.424. The highest BCUT2D eigenvalue weighted by Gasteiger charge is 2.19. The maximum absolute atomic E-state index is 12.8. The van der Waals surface area contributed by atoms with Crippen molar-refractivity contribution < 1.29 is 4.79 Å². The van der Waals surface area contributed by atoms with Crippen molar-refractivity contribution in [2.45, 2.75) is 17.0 Å². The number of amides is 1. The lowest BCUT2D eigenvalue weighted by molar-refractivity contribution is 0.102. The van der Waals surface area contributed by atoms with Crippen LogP contribution in [-0.2, 0) is 0 Å². The number of hydrogen-bond donors (Lipinski definition) is 2. The molecule has 5 nitrogen and oxygen atoms in total. The minimum atomic E-state index is -0.424. The second-order valence-corrected chi connectivity index (χ2v) is 8.36. The van der Waals surface area contributed by atoms with Crippen LogP contribution in [0.2, 0.25) is 15.1 Å². The molecule has 2 aromatic carbocycles. The van der Waals surface area contributed by atoms with Gasteiger partial charge in [0.15, 0.2) is 5.16 Å². The standard InChI is InChI=1S/C20H13Cl3N4OS/c1-10-9-26-17-14(27-19(28)15-11(21)3-2-4-12(15)22)6-5-13(23)16(17)18(10)29-20-24-7-8-25-20/h2-9H,1H3,(H,24,25)(H,27,28). The van der Waals surface area contributed by atoms with E-state index in [-0.39, 0.29) is 15.6 Å². The van der Waals surface area contributed by atoms with Gasteiger partial charge >= 0.3 is 0 Å². The van der Waals surface area contributed by atoms with E-state index in [1.54, 1.807) is 48.9 Å². The zero-order valence-corrected chi connectivity index (χ0v) is 18.0. The van der Waals surface area contributed by atoms with Crippen molar-refractivity contribution in [1.82, 2.24) is 15.0 Å². The maximum atomic E-state index is 12.8. The van der Waals surface area contributed by atoms with Gasteiger partial charge in [-0.05, 0) is 36.8 Å². The molecule has 0 radical (unpaired) electrons. The lowest BCUT2D eigenvalue weighted by Crippen LogP contribution is -2.13. The summed E-state index contributed by atoms with van der Waals surface area (Å²) in [5, 5.41) is 5.38. The minimum absolute atomic E-state index is 0.205. The fourth-order valence-corrected chi connectivity index (χ4v) is 4.70. The first-order chi connectivity index (χ1) is 14.0. The zero-order valence-electron chi connectivity index (χ0n) is 15.0. The molecule has 2 aromatic heterocycles. The van der Waals surface area contributed by atoms with Crippen molar-refractivity contribution in [2.24, 2.45) is 0 Å². The average Bonchev–Trinajstić information content (AvgIpc) is 3.19. The van der Waals surface area contributed by atoms with Gasteiger partial charge in [0.05, 0.1) is 31.8 Å². The van der Waals surface area contributed by atoms with Gasteiger partial charge in [0.1, 0.15) is 0 Å². The number of carbonyl (C=O) groups excluding carboxylic acids is 1. The number of nitrogens with one attached hydrogen (secondary N) is 2. The molecule has 2 heterocycles. The quantitative estimate of drug-likeness (QED) is 0.356. The van der Waals surface area contributed by atoms with E-state index in [4.69, 9.17) is 34.8 Å². The maximum Gasteiger partial charge on any atom is 0.258 e. The molecule has 0 bridgehead atoms. The van der Waals surface area contributed by atoms with Crippen molar-refractivity contribution in [2.75, 3.05) is 5.32 Å². The van der Waals surface area contributed by atoms with E-state index >= 15 is 0 Å². The van der Waals surface area contributed by atoms with Gasteiger partial charge in [-0.15, -0.1) is 0 Å². The number of benzene rings is 2. The third-order valence-electron chi connectivity index (χ3n) is 4.21. The number of aryl methyl sites for hydroxylation is 1. The van der Waals surface area contributed by atoms with Crippen LogP contribution in [0, 0.1) is 6.92 Å². The van der Waals surface area contributed by atoms with Gasteiger partial charge in [-0.3, -0.25) is 9.78 Å². The fourth-order valence-electron chi connectivity index (χ4n) is 2.87. The molecule has 0 fully saturated rings. The highest BCUT2D eigenvalue weighted by molar-refractivity contribution is 7.99. The molecule has 2 N–H and O–H groups in total. The molecule has 0 saturated heterocycles. The first-order valence-corrected chi connectivity index (χ1v) is 10.4. The Morgan fingerprint density at radius 2 is 1.83 bits per heavy atom. The first kappa shape index (κ1) is 20.0. The molecular formula is C20H13Cl3N4OS. The Balaban J connectivity index is 1.80. The van der Waals surface area contributed by atoms with Crippen LogP contribution < -0.4 is 5.32 Å². The molecule has 4 rings (SSSR count). The van der Waals surface area contributed by atoms with Gasteiger partial charge in [-0.2, -0.15) is 0 Å². The van der Waals surface area contributed by atoms with E-state index in [1.807, 2.05) is 6.92 Å². The van der Waals surface area contributed by atoms with Crippen LogP contribution in [0.4, 0.5) is 5.69 Å². The number of imidazole rings is 1. The number of rotatable bonds is 4. The number of H-pyrrole nitrogens is 1. The SMILES string of the molecule is Cc1cnc2c(NC(=O)c3c(Cl)cccc3Cl)ccc(Cl)c2c1Sc1ncc[nH]1. The fraction of sp³-hybridized carbons (Fsp3) is 0.0500. The highest BCUT2D eigenvalue weighted by Crippen LogP contribution is 2.40. The van der Waals surface area contributed by atoms with Crippen molar-refractivity contribution >= 4 is 69.1 Å². The summed E-state index contributed by atoms with van der Waals surface area (Å²) < 4.78 is 0. The van der Waals surface area contributed by atoms with E-state index in [0.717, 1.165) is 21.0 Å². The van der Waals surface area contributed by atoms with E-state index in [0.29, 0.717) is 16.2 Å². The molecule has 0 aliphatic rings. The molecule has 9 heteroatoms. The normalized spacial score (nSPS) is 11.0. The van der Waals surface area contributed by atoms with Gasteiger partial charge in [-0.25, -0.2) is 4.98 Å². The largest absolute Gasteiger partial charge is 0.339 e. The van der Waals surface area contributed by atoms with Crippen molar-refractivity contribution in [3.8, 4) is 0 Å². The molecule has 0 saturated carbocycles. The molecule has 1 amide bonds. The number of pyridine rings is 1. The smallest absolute Gasteiger partial charge is 0.258 e. The monoisotopic (exact) mass is 462 g/mol. The van der Waals surface area contributed by atoms with Crippen LogP contribution >= 0.6 is 46.6 Å². The summed E-state index contributed by atoms with van der Waals surface area (Å²) in [6.07, 6.45) is 5.17. The van der Waals surface area contributed by atoms with E-state index in [9.17, 15) is 4.79 Å². The number of carbonyl (C=O) groups is 1. The Morgan fingerprint density at radius 1 is 1.07 bits per heavy atom. The van der Waals surface area contributed by atoms with Gasteiger partial charge in [0.25, 0.3) is 5.91 Å². The molecule has 0 unspecified atom stereocenters. The number of fused-ring (bicyclic) bond motifs is 1. The van der Waals surface area contributed by atoms with Crippen LogP contribution in [0.3, 0.4) is 0 Å². The lowest BCUT2D eigenvalue weighted by Gasteiger charge is -2.14. The van der Waals surface area contributed by atoms with Crippen LogP contribution in [0.25, 0.3) is 10.9 Å². The van der Waals surface area contributed by atoms with Crippen molar-refractivity contribution in [1.29, 1.82) is 0 Å². The van der Waals surface area contributed by atoms with Crippen molar-refractivity contribution in [3.05, 3.63) is 75.1 Å². The topological polar surface area (TPSA) is 70.7 Å². The van der Waals surface area contributed by atoms with Crippen LogP contribution in [0.15, 0.2) is 59.0 Å². The molecule has 0 spiro atoms. The predicted octanol–water partition coefficient (Wildman–Crippen LogP) is 6.63. The summed E-state index contributed by atoms with van der Waals surface area (Å²) in [4.78, 5) is 25.6. The van der Waals surface area contributed by atoms with Gasteiger partial charge in [0.2, 0.25) is 0 Å².